The molecule has 4 N–H and O–H groups in total. The van der Waals surface area contributed by atoms with Crippen LogP contribution in [0.4, 0.5) is 27.9 Å². The van der Waals surface area contributed by atoms with Gasteiger partial charge in [0.15, 0.2) is 0 Å². The number of aliphatic hydroxyl groups excluding tert-OH is 1. The first-order chi connectivity index (χ1) is 18.3. The molecule has 1 fully saturated rings. The van der Waals surface area contributed by atoms with Crippen molar-refractivity contribution in [2.24, 2.45) is 5.73 Å². The third-order valence-corrected chi connectivity index (χ3v) is 6.74. The second-order valence-corrected chi connectivity index (χ2v) is 9.49. The number of aliphatic hydroxyl groups is 1. The molecular formula is C27H30FN9O. The Hall–Kier alpha value is -4.22. The Balaban J connectivity index is 1.20. The van der Waals surface area contributed by atoms with E-state index >= 15 is 0 Å². The maximum Gasteiger partial charge on any atom is 0.231 e. The number of hydrogen-bond donors (Lipinski definition) is 3. The zero-order valence-electron chi connectivity index (χ0n) is 21.3. The summed E-state index contributed by atoms with van der Waals surface area (Å²) in [6.07, 6.45) is 4.44. The van der Waals surface area contributed by atoms with Crippen LogP contribution in [-0.2, 0) is 5.54 Å². The lowest BCUT2D eigenvalue weighted by molar-refractivity contribution is 0.199. The zero-order chi connectivity index (χ0) is 26.7. The summed E-state index contributed by atoms with van der Waals surface area (Å²) in [6, 6.07) is 13.6. The summed E-state index contributed by atoms with van der Waals surface area (Å²) in [5.41, 5.74) is 8.90. The number of aromatic nitrogens is 5. The van der Waals surface area contributed by atoms with Crippen molar-refractivity contribution in [2.45, 2.75) is 25.5 Å². The standard InChI is InChI=1S/C27H30FN9O/c1-18(38)19-3-9-23(10-4-19)34-24-32-17-33-26(35-24)37-13-11-36(12-14-37)25-30-15-21(16-31-25)27(2,29)20-5-7-22(28)8-6-20/h3-10,15-18,38H,11-14,29H2,1-2H3,(H,32,33,34,35). The number of nitrogens with zero attached hydrogens (tertiary/aromatic N) is 7. The number of piperazine rings is 1. The lowest BCUT2D eigenvalue weighted by Crippen LogP contribution is -2.47. The zero-order valence-corrected chi connectivity index (χ0v) is 21.3. The van der Waals surface area contributed by atoms with Crippen molar-refractivity contribution in [1.82, 2.24) is 24.9 Å². The highest BCUT2D eigenvalue weighted by molar-refractivity contribution is 5.54. The number of anilines is 4. The summed E-state index contributed by atoms with van der Waals surface area (Å²) < 4.78 is 13.3. The predicted molar refractivity (Wildman–Crippen MR) is 144 cm³/mol. The Bertz CT molecular complexity index is 1350. The molecule has 1 aliphatic rings. The van der Waals surface area contributed by atoms with E-state index in [0.29, 0.717) is 44.0 Å². The average Bonchev–Trinajstić information content (AvgIpc) is 2.94. The van der Waals surface area contributed by atoms with Gasteiger partial charge >= 0.3 is 0 Å². The van der Waals surface area contributed by atoms with Crippen molar-refractivity contribution >= 4 is 23.5 Å². The van der Waals surface area contributed by atoms with Crippen LogP contribution in [0.3, 0.4) is 0 Å². The van der Waals surface area contributed by atoms with E-state index in [0.717, 1.165) is 22.4 Å². The lowest BCUT2D eigenvalue weighted by atomic mass is 9.87. The maximum absolute atomic E-state index is 13.3. The fourth-order valence-electron chi connectivity index (χ4n) is 4.30. The fourth-order valence-corrected chi connectivity index (χ4v) is 4.30. The summed E-state index contributed by atoms with van der Waals surface area (Å²) in [5, 5.41) is 12.9. The first kappa shape index (κ1) is 25.4. The monoisotopic (exact) mass is 515 g/mol. The largest absolute Gasteiger partial charge is 0.389 e. The van der Waals surface area contributed by atoms with Crippen molar-refractivity contribution in [3.63, 3.8) is 0 Å². The van der Waals surface area contributed by atoms with E-state index in [9.17, 15) is 9.50 Å². The molecule has 4 aromatic rings. The van der Waals surface area contributed by atoms with Crippen LogP contribution in [0, 0.1) is 5.82 Å². The van der Waals surface area contributed by atoms with E-state index in [1.54, 1.807) is 31.5 Å². The Morgan fingerprint density at radius 3 is 2.08 bits per heavy atom. The Morgan fingerprint density at radius 1 is 0.868 bits per heavy atom. The van der Waals surface area contributed by atoms with E-state index in [1.807, 2.05) is 31.2 Å². The molecule has 11 heteroatoms. The van der Waals surface area contributed by atoms with Crippen LogP contribution in [-0.4, -0.2) is 56.2 Å². The molecule has 5 rings (SSSR count). The van der Waals surface area contributed by atoms with E-state index in [1.165, 1.54) is 18.5 Å². The van der Waals surface area contributed by atoms with Gasteiger partial charge in [-0.15, -0.1) is 0 Å². The molecule has 0 saturated carbocycles. The molecule has 196 valence electrons. The third-order valence-electron chi connectivity index (χ3n) is 6.74. The number of halogens is 1. The van der Waals surface area contributed by atoms with Crippen molar-refractivity contribution in [3.8, 4) is 0 Å². The second-order valence-electron chi connectivity index (χ2n) is 9.49. The smallest absolute Gasteiger partial charge is 0.231 e. The molecule has 1 saturated heterocycles. The van der Waals surface area contributed by atoms with Crippen LogP contribution < -0.4 is 20.9 Å². The summed E-state index contributed by atoms with van der Waals surface area (Å²) in [7, 11) is 0. The average molecular weight is 516 g/mol. The van der Waals surface area contributed by atoms with Gasteiger partial charge in [0.05, 0.1) is 11.6 Å². The van der Waals surface area contributed by atoms with Crippen molar-refractivity contribution < 1.29 is 9.50 Å². The molecule has 3 heterocycles. The van der Waals surface area contributed by atoms with E-state index < -0.39 is 11.6 Å². The van der Waals surface area contributed by atoms with Crippen molar-refractivity contribution in [1.29, 1.82) is 0 Å². The number of nitrogens with two attached hydrogens (primary N) is 1. The van der Waals surface area contributed by atoms with E-state index in [4.69, 9.17) is 5.73 Å². The molecule has 0 spiro atoms. The van der Waals surface area contributed by atoms with Crippen LogP contribution in [0.2, 0.25) is 0 Å². The SMILES string of the molecule is CC(O)c1ccc(Nc2ncnc(N3CCN(c4ncc(C(C)(N)c5ccc(F)cc5)cn4)CC3)n2)cc1. The van der Waals surface area contributed by atoms with Crippen LogP contribution >= 0.6 is 0 Å². The number of nitrogens with one attached hydrogen (secondary N) is 1. The predicted octanol–water partition coefficient (Wildman–Crippen LogP) is 3.15. The van der Waals surface area contributed by atoms with Gasteiger partial charge in [0.1, 0.15) is 12.1 Å². The Kier molecular flexibility index (Phi) is 7.12. The molecule has 0 bridgehead atoms. The lowest BCUT2D eigenvalue weighted by Gasteiger charge is -2.35. The molecule has 2 unspecified atom stereocenters. The highest BCUT2D eigenvalue weighted by Gasteiger charge is 2.26. The highest BCUT2D eigenvalue weighted by atomic mass is 19.1. The number of benzene rings is 2. The molecule has 38 heavy (non-hydrogen) atoms. The van der Waals surface area contributed by atoms with Gasteiger partial charge in [0, 0.05) is 49.8 Å². The van der Waals surface area contributed by atoms with Gasteiger partial charge in [-0.2, -0.15) is 4.98 Å². The molecule has 0 radical (unpaired) electrons. The quantitative estimate of drug-likeness (QED) is 0.337. The van der Waals surface area contributed by atoms with Gasteiger partial charge in [0.25, 0.3) is 0 Å². The maximum atomic E-state index is 13.3. The molecular weight excluding hydrogens is 485 g/mol. The third kappa shape index (κ3) is 5.53. The molecule has 0 aliphatic carbocycles. The molecule has 2 aromatic heterocycles. The summed E-state index contributed by atoms with van der Waals surface area (Å²) in [5.74, 6) is 1.37. The summed E-state index contributed by atoms with van der Waals surface area (Å²) >= 11 is 0. The first-order valence-corrected chi connectivity index (χ1v) is 12.4. The molecule has 0 amide bonds. The van der Waals surface area contributed by atoms with Crippen LogP contribution in [0.25, 0.3) is 0 Å². The van der Waals surface area contributed by atoms with E-state index in [-0.39, 0.29) is 5.82 Å². The van der Waals surface area contributed by atoms with Crippen molar-refractivity contribution in [3.05, 3.63) is 89.8 Å². The molecule has 1 aliphatic heterocycles. The van der Waals surface area contributed by atoms with Gasteiger partial charge in [0.2, 0.25) is 17.8 Å². The second kappa shape index (κ2) is 10.6. The summed E-state index contributed by atoms with van der Waals surface area (Å²) in [4.78, 5) is 26.5. The number of rotatable bonds is 7. The Morgan fingerprint density at radius 2 is 1.47 bits per heavy atom. The topological polar surface area (TPSA) is 129 Å². The van der Waals surface area contributed by atoms with Crippen LogP contribution in [0.1, 0.15) is 36.6 Å². The minimum Gasteiger partial charge on any atom is -0.389 e. The minimum atomic E-state index is -0.839. The Labute approximate surface area is 220 Å². The molecule has 10 nitrogen and oxygen atoms in total. The molecule has 2 atom stereocenters. The number of hydrogen-bond acceptors (Lipinski definition) is 10. The van der Waals surface area contributed by atoms with Gasteiger partial charge in [-0.1, -0.05) is 24.3 Å². The normalized spacial score (nSPS) is 16.1. The van der Waals surface area contributed by atoms with Gasteiger partial charge in [-0.25, -0.2) is 24.3 Å². The highest BCUT2D eigenvalue weighted by Crippen LogP contribution is 2.27. The van der Waals surface area contributed by atoms with Crippen LogP contribution in [0.15, 0.2) is 67.3 Å². The van der Waals surface area contributed by atoms with Gasteiger partial charge < -0.3 is 26.0 Å². The van der Waals surface area contributed by atoms with Gasteiger partial charge in [-0.3, -0.25) is 0 Å². The molecule has 2 aromatic carbocycles. The van der Waals surface area contributed by atoms with Crippen LogP contribution in [0.5, 0.6) is 0 Å². The summed E-state index contributed by atoms with van der Waals surface area (Å²) in [6.45, 7) is 6.38. The minimum absolute atomic E-state index is 0.303. The fraction of sp³-hybridized carbons (Fsp3) is 0.296. The van der Waals surface area contributed by atoms with E-state index in [2.05, 4.69) is 40.0 Å². The van der Waals surface area contributed by atoms with Gasteiger partial charge in [-0.05, 0) is 49.2 Å². The van der Waals surface area contributed by atoms with Crippen molar-refractivity contribution in [2.75, 3.05) is 41.3 Å². The first-order valence-electron chi connectivity index (χ1n) is 12.4.